The van der Waals surface area contributed by atoms with Crippen LogP contribution in [0.5, 0.6) is 0 Å². The molecule has 5 rings (SSSR count). The summed E-state index contributed by atoms with van der Waals surface area (Å²) >= 11 is 0. The first-order chi connectivity index (χ1) is 22.0. The Morgan fingerprint density at radius 3 is 1.64 bits per heavy atom. The second-order valence-corrected chi connectivity index (χ2v) is 12.4. The molecule has 0 N–H and O–H groups in total. The number of allylic oxidation sites excluding steroid dienone is 4. The Hall–Kier alpha value is -4.47. The first-order valence-corrected chi connectivity index (χ1v) is 16.2. The average molecular weight is 595 g/mol. The van der Waals surface area contributed by atoms with Crippen molar-refractivity contribution in [3.05, 3.63) is 168 Å². The second kappa shape index (κ2) is 16.0. The van der Waals surface area contributed by atoms with Gasteiger partial charge >= 0.3 is 0 Å². The molecule has 0 aromatic heterocycles. The molecule has 4 aromatic carbocycles. The van der Waals surface area contributed by atoms with Crippen molar-refractivity contribution in [2.75, 3.05) is 7.05 Å². The molecule has 4 aromatic rings. The van der Waals surface area contributed by atoms with Crippen molar-refractivity contribution in [2.24, 2.45) is 11.8 Å². The van der Waals surface area contributed by atoms with Crippen molar-refractivity contribution < 1.29 is 4.79 Å². The predicted molar refractivity (Wildman–Crippen MR) is 188 cm³/mol. The molecular formula is C42H46N2O. The topological polar surface area (TPSA) is 23.6 Å². The molecule has 0 heterocycles. The van der Waals surface area contributed by atoms with Gasteiger partial charge < -0.3 is 4.90 Å². The minimum atomic E-state index is -0.128. The highest BCUT2D eigenvalue weighted by Gasteiger charge is 2.29. The molecule has 1 amide bonds. The highest BCUT2D eigenvalue weighted by Crippen LogP contribution is 2.26. The smallest absolute Gasteiger partial charge is 0.225 e. The molecule has 0 fully saturated rings. The van der Waals surface area contributed by atoms with Crippen molar-refractivity contribution in [1.29, 1.82) is 0 Å². The van der Waals surface area contributed by atoms with Crippen LogP contribution in [0.4, 0.5) is 0 Å². The Labute approximate surface area is 270 Å². The van der Waals surface area contributed by atoms with Gasteiger partial charge in [0.25, 0.3) is 0 Å². The lowest BCUT2D eigenvalue weighted by Crippen LogP contribution is -2.44. The molecule has 230 valence electrons. The summed E-state index contributed by atoms with van der Waals surface area (Å²) in [6, 6.07) is 41.2. The average Bonchev–Trinajstić information content (AvgIpc) is 3.38. The summed E-state index contributed by atoms with van der Waals surface area (Å²) in [4.78, 5) is 18.5. The fourth-order valence-corrected chi connectivity index (χ4v) is 6.26. The molecule has 0 spiro atoms. The SMILES string of the molecule is C[C@H](CC(Cc1ccc(-c2ccccc2)cc1)N(Cc1ccccc1)Cc1ccccc1)C(=O)N(C)[C@H](C)C1C=CC=CC=C1. The normalized spacial score (nSPS) is 15.0. The Kier molecular flexibility index (Phi) is 11.4. The summed E-state index contributed by atoms with van der Waals surface area (Å²) < 4.78 is 0. The Morgan fingerprint density at radius 1 is 0.622 bits per heavy atom. The van der Waals surface area contributed by atoms with Crippen molar-refractivity contribution in [3.8, 4) is 11.1 Å². The highest BCUT2D eigenvalue weighted by atomic mass is 16.2. The number of rotatable bonds is 13. The third-order valence-electron chi connectivity index (χ3n) is 9.07. The van der Waals surface area contributed by atoms with Crippen LogP contribution in [-0.2, 0) is 24.3 Å². The quantitative estimate of drug-likeness (QED) is 0.154. The van der Waals surface area contributed by atoms with Crippen LogP contribution in [0.15, 0.2) is 152 Å². The largest absolute Gasteiger partial charge is 0.342 e. The van der Waals surface area contributed by atoms with Gasteiger partial charge in [0.1, 0.15) is 0 Å². The van der Waals surface area contributed by atoms with Gasteiger partial charge in [0.05, 0.1) is 0 Å². The Bertz CT molecular complexity index is 1500. The number of carbonyl (C=O) groups excluding carboxylic acids is 1. The molecule has 1 unspecified atom stereocenters. The van der Waals surface area contributed by atoms with Gasteiger partial charge in [0.15, 0.2) is 0 Å². The maximum absolute atomic E-state index is 14.0. The van der Waals surface area contributed by atoms with Gasteiger partial charge in [-0.1, -0.05) is 159 Å². The zero-order chi connectivity index (χ0) is 31.4. The van der Waals surface area contributed by atoms with E-state index in [-0.39, 0.29) is 29.8 Å². The monoisotopic (exact) mass is 594 g/mol. The maximum Gasteiger partial charge on any atom is 0.225 e. The molecule has 3 atom stereocenters. The summed E-state index contributed by atoms with van der Waals surface area (Å²) in [6.45, 7) is 5.90. The van der Waals surface area contributed by atoms with Crippen molar-refractivity contribution in [1.82, 2.24) is 9.80 Å². The fraction of sp³-hybridized carbons (Fsp3) is 0.262. The van der Waals surface area contributed by atoms with E-state index in [1.165, 1.54) is 27.8 Å². The van der Waals surface area contributed by atoms with E-state index < -0.39 is 0 Å². The zero-order valence-electron chi connectivity index (χ0n) is 26.9. The van der Waals surface area contributed by atoms with Crippen molar-refractivity contribution >= 4 is 5.91 Å². The molecular weight excluding hydrogens is 548 g/mol. The van der Waals surface area contributed by atoms with E-state index in [9.17, 15) is 4.79 Å². The zero-order valence-corrected chi connectivity index (χ0v) is 26.9. The van der Waals surface area contributed by atoms with Gasteiger partial charge in [0.2, 0.25) is 5.91 Å². The highest BCUT2D eigenvalue weighted by molar-refractivity contribution is 5.78. The fourth-order valence-electron chi connectivity index (χ4n) is 6.26. The molecule has 1 aliphatic carbocycles. The number of hydrogen-bond donors (Lipinski definition) is 0. The maximum atomic E-state index is 14.0. The van der Waals surface area contributed by atoms with Crippen LogP contribution in [0, 0.1) is 11.8 Å². The lowest BCUT2D eigenvalue weighted by molar-refractivity contribution is -0.136. The Morgan fingerprint density at radius 2 is 1.11 bits per heavy atom. The lowest BCUT2D eigenvalue weighted by Gasteiger charge is -2.36. The third-order valence-corrected chi connectivity index (χ3v) is 9.07. The third kappa shape index (κ3) is 9.03. The van der Waals surface area contributed by atoms with E-state index in [1.807, 2.05) is 24.1 Å². The molecule has 3 heteroatoms. The summed E-state index contributed by atoms with van der Waals surface area (Å²) in [5.41, 5.74) is 6.29. The number of benzene rings is 4. The van der Waals surface area contributed by atoms with E-state index in [1.54, 1.807) is 0 Å². The first kappa shape index (κ1) is 31.9. The first-order valence-electron chi connectivity index (χ1n) is 16.2. The molecule has 0 saturated carbocycles. The van der Waals surface area contributed by atoms with E-state index >= 15 is 0 Å². The number of hydrogen-bond acceptors (Lipinski definition) is 2. The minimum Gasteiger partial charge on any atom is -0.342 e. The van der Waals surface area contributed by atoms with Gasteiger partial charge in [-0.25, -0.2) is 0 Å². The second-order valence-electron chi connectivity index (χ2n) is 12.4. The van der Waals surface area contributed by atoms with Crippen LogP contribution in [-0.4, -0.2) is 34.8 Å². The number of carbonyl (C=O) groups is 1. The molecule has 0 saturated heterocycles. The van der Waals surface area contributed by atoms with Crippen molar-refractivity contribution in [3.63, 3.8) is 0 Å². The van der Waals surface area contributed by atoms with Crippen LogP contribution in [0.1, 0.15) is 37.0 Å². The summed E-state index contributed by atoms with van der Waals surface area (Å²) in [7, 11) is 1.96. The van der Waals surface area contributed by atoms with Gasteiger partial charge in [-0.2, -0.15) is 0 Å². The van der Waals surface area contributed by atoms with E-state index in [2.05, 4.69) is 158 Å². The van der Waals surface area contributed by atoms with Crippen LogP contribution >= 0.6 is 0 Å². The van der Waals surface area contributed by atoms with Gasteiger partial charge in [-0.15, -0.1) is 0 Å². The van der Waals surface area contributed by atoms with Crippen LogP contribution in [0.25, 0.3) is 11.1 Å². The van der Waals surface area contributed by atoms with Crippen molar-refractivity contribution in [2.45, 2.75) is 51.9 Å². The van der Waals surface area contributed by atoms with E-state index in [4.69, 9.17) is 0 Å². The predicted octanol–water partition coefficient (Wildman–Crippen LogP) is 9.14. The van der Waals surface area contributed by atoms with Crippen LogP contribution in [0.2, 0.25) is 0 Å². The molecule has 0 aliphatic heterocycles. The van der Waals surface area contributed by atoms with Crippen LogP contribution in [0.3, 0.4) is 0 Å². The number of amides is 1. The minimum absolute atomic E-state index is 0.0704. The van der Waals surface area contributed by atoms with Gasteiger partial charge in [-0.3, -0.25) is 9.69 Å². The molecule has 45 heavy (non-hydrogen) atoms. The van der Waals surface area contributed by atoms with Gasteiger partial charge in [-0.05, 0) is 47.6 Å². The molecule has 0 bridgehead atoms. The summed E-state index contributed by atoms with van der Waals surface area (Å²) in [5, 5.41) is 0. The van der Waals surface area contributed by atoms with Crippen LogP contribution < -0.4 is 0 Å². The Balaban J connectivity index is 1.41. The van der Waals surface area contributed by atoms with Gasteiger partial charge in [0, 0.05) is 44.1 Å². The molecule has 3 nitrogen and oxygen atoms in total. The van der Waals surface area contributed by atoms with E-state index in [0.717, 1.165) is 25.9 Å². The summed E-state index contributed by atoms with van der Waals surface area (Å²) in [5.74, 6) is 0.259. The molecule has 1 aliphatic rings. The molecule has 0 radical (unpaired) electrons. The lowest BCUT2D eigenvalue weighted by atomic mass is 9.91. The summed E-state index contributed by atoms with van der Waals surface area (Å²) in [6.07, 6.45) is 14.2. The number of nitrogens with zero attached hydrogens (tertiary/aromatic N) is 2. The van der Waals surface area contributed by atoms with E-state index in [0.29, 0.717) is 0 Å². The standard InChI is InChI=1S/C42H46N2O/c1-33(42(45)43(3)34(2)38-21-13-4-5-14-22-38)29-41(30-35-25-27-40(28-26-35)39-23-15-8-16-24-39)44(31-36-17-9-6-10-18-36)32-37-19-11-7-12-20-37/h4-28,33-34,38,41H,29-32H2,1-3H3/t33-,34-,41?/m1/s1.